The molecule has 1 fully saturated rings. The smallest absolute Gasteiger partial charge is 0.270 e. The Kier molecular flexibility index (Phi) is 6.33. The molecule has 0 unspecified atom stereocenters. The van der Waals surface area contributed by atoms with Gasteiger partial charge in [0.1, 0.15) is 17.5 Å². The van der Waals surface area contributed by atoms with Crippen LogP contribution in [0.5, 0.6) is 0 Å². The van der Waals surface area contributed by atoms with E-state index < -0.39 is 4.92 Å². The molecule has 1 aliphatic heterocycles. The van der Waals surface area contributed by atoms with Crippen LogP contribution in [0.4, 0.5) is 17.3 Å². The lowest BCUT2D eigenvalue weighted by Crippen LogP contribution is -2.37. The number of hydrogen-bond acceptors (Lipinski definition) is 8. The lowest BCUT2D eigenvalue weighted by Gasteiger charge is -2.28. The van der Waals surface area contributed by atoms with Gasteiger partial charge in [0.05, 0.1) is 18.1 Å². The Hall–Kier alpha value is -3.27. The maximum Gasteiger partial charge on any atom is 0.270 e. The summed E-state index contributed by atoms with van der Waals surface area (Å²) in [6.07, 6.45) is 0. The van der Waals surface area contributed by atoms with Crippen LogP contribution in [0.1, 0.15) is 16.2 Å². The maximum atomic E-state index is 12.1. The number of nitro benzene ring substituents is 1. The van der Waals surface area contributed by atoms with Gasteiger partial charge in [-0.2, -0.15) is 0 Å². The van der Waals surface area contributed by atoms with E-state index in [2.05, 4.69) is 25.5 Å². The number of carbonyl (C=O) groups is 1. The topological polar surface area (TPSA) is 123 Å². The number of non-ortho nitro benzene ring substituents is 1. The van der Waals surface area contributed by atoms with Gasteiger partial charge in [-0.3, -0.25) is 14.9 Å². The fourth-order valence-corrected chi connectivity index (χ4v) is 2.83. The quantitative estimate of drug-likeness (QED) is 0.416. The molecule has 2 heterocycles. The number of rotatable bonds is 7. The number of ether oxygens (including phenoxy) is 1. The van der Waals surface area contributed by atoms with E-state index in [1.165, 1.54) is 24.3 Å². The second-order valence-corrected chi connectivity index (χ2v) is 6.25. The number of carbonyl (C=O) groups excluding carboxylic acids is 1. The Balaban J connectivity index is 1.52. The predicted molar refractivity (Wildman–Crippen MR) is 104 cm³/mol. The first-order chi connectivity index (χ1) is 13.5. The van der Waals surface area contributed by atoms with Crippen LogP contribution in [0.2, 0.25) is 0 Å². The molecular formula is C18H22N6O4. The molecular weight excluding hydrogens is 364 g/mol. The SMILES string of the molecule is Cc1nc(NCCNC(=O)c2cccc([N+](=O)[O-])c2)cc(N2CCOCC2)n1. The standard InChI is InChI=1S/C18H22N6O4/c1-13-21-16(12-17(22-13)23-7-9-28-10-8-23)19-5-6-20-18(25)14-3-2-4-15(11-14)24(26)27/h2-4,11-12H,5-10H2,1H3,(H,20,25)(H,19,21,22). The molecule has 1 amide bonds. The minimum absolute atomic E-state index is 0.113. The normalized spacial score (nSPS) is 13.8. The van der Waals surface area contributed by atoms with E-state index in [-0.39, 0.29) is 17.2 Å². The summed E-state index contributed by atoms with van der Waals surface area (Å²) in [5, 5.41) is 16.7. The third-order valence-electron chi connectivity index (χ3n) is 4.20. The molecule has 0 spiro atoms. The molecule has 0 radical (unpaired) electrons. The summed E-state index contributed by atoms with van der Waals surface area (Å²) in [5.41, 5.74) is 0.138. The summed E-state index contributed by atoms with van der Waals surface area (Å²) in [5.74, 6) is 1.82. The van der Waals surface area contributed by atoms with Crippen LogP contribution in [0.15, 0.2) is 30.3 Å². The molecule has 148 valence electrons. The summed E-state index contributed by atoms with van der Waals surface area (Å²) in [6, 6.07) is 7.51. The number of anilines is 2. The zero-order chi connectivity index (χ0) is 19.9. The molecule has 1 aromatic heterocycles. The largest absolute Gasteiger partial charge is 0.378 e. The molecule has 0 bridgehead atoms. The molecule has 1 saturated heterocycles. The van der Waals surface area contributed by atoms with Crippen molar-refractivity contribution in [1.29, 1.82) is 0 Å². The third kappa shape index (κ3) is 5.13. The van der Waals surface area contributed by atoms with Crippen molar-refractivity contribution in [3.63, 3.8) is 0 Å². The first-order valence-electron chi connectivity index (χ1n) is 8.98. The number of nitrogens with one attached hydrogen (secondary N) is 2. The first kappa shape index (κ1) is 19.5. The van der Waals surface area contributed by atoms with Crippen LogP contribution in [0, 0.1) is 17.0 Å². The average molecular weight is 386 g/mol. The fourth-order valence-electron chi connectivity index (χ4n) is 2.83. The summed E-state index contributed by atoms with van der Waals surface area (Å²) in [7, 11) is 0. The number of aryl methyl sites for hydroxylation is 1. The fraction of sp³-hybridized carbons (Fsp3) is 0.389. The highest BCUT2D eigenvalue weighted by Gasteiger charge is 2.14. The Morgan fingerprint density at radius 3 is 2.79 bits per heavy atom. The molecule has 10 nitrogen and oxygen atoms in total. The second-order valence-electron chi connectivity index (χ2n) is 6.25. The Bertz CT molecular complexity index is 854. The van der Waals surface area contributed by atoms with E-state index in [4.69, 9.17) is 4.74 Å². The monoisotopic (exact) mass is 386 g/mol. The van der Waals surface area contributed by atoms with Crippen molar-refractivity contribution in [3.8, 4) is 0 Å². The minimum atomic E-state index is -0.526. The van der Waals surface area contributed by atoms with Crippen LogP contribution in [0.3, 0.4) is 0 Å². The summed E-state index contributed by atoms with van der Waals surface area (Å²) >= 11 is 0. The van der Waals surface area contributed by atoms with Crippen LogP contribution in [-0.4, -0.2) is 60.2 Å². The maximum absolute atomic E-state index is 12.1. The van der Waals surface area contributed by atoms with Gasteiger partial charge >= 0.3 is 0 Å². The second kappa shape index (κ2) is 9.09. The molecule has 10 heteroatoms. The molecule has 2 aromatic rings. The zero-order valence-corrected chi connectivity index (χ0v) is 15.6. The number of amides is 1. The van der Waals surface area contributed by atoms with Crippen LogP contribution < -0.4 is 15.5 Å². The molecule has 2 N–H and O–H groups in total. The number of morpholine rings is 1. The van der Waals surface area contributed by atoms with Gasteiger partial charge in [-0.15, -0.1) is 0 Å². The minimum Gasteiger partial charge on any atom is -0.378 e. The number of benzene rings is 1. The van der Waals surface area contributed by atoms with Crippen LogP contribution in [-0.2, 0) is 4.74 Å². The van der Waals surface area contributed by atoms with E-state index >= 15 is 0 Å². The Labute approximate surface area is 162 Å². The van der Waals surface area contributed by atoms with E-state index in [1.54, 1.807) is 0 Å². The van der Waals surface area contributed by atoms with Gasteiger partial charge in [-0.05, 0) is 13.0 Å². The van der Waals surface area contributed by atoms with Gasteiger partial charge in [-0.1, -0.05) is 6.07 Å². The van der Waals surface area contributed by atoms with E-state index in [1.807, 2.05) is 13.0 Å². The highest BCUT2D eigenvalue weighted by molar-refractivity contribution is 5.94. The van der Waals surface area contributed by atoms with Crippen molar-refractivity contribution >= 4 is 23.2 Å². The van der Waals surface area contributed by atoms with Crippen molar-refractivity contribution in [3.05, 3.63) is 51.8 Å². The van der Waals surface area contributed by atoms with Crippen molar-refractivity contribution in [2.45, 2.75) is 6.92 Å². The van der Waals surface area contributed by atoms with E-state index in [0.29, 0.717) is 37.9 Å². The Morgan fingerprint density at radius 2 is 2.04 bits per heavy atom. The number of nitro groups is 1. The Morgan fingerprint density at radius 1 is 1.25 bits per heavy atom. The van der Waals surface area contributed by atoms with Gasteiger partial charge in [-0.25, -0.2) is 9.97 Å². The number of nitrogens with zero attached hydrogens (tertiary/aromatic N) is 4. The molecule has 1 aliphatic rings. The first-order valence-corrected chi connectivity index (χ1v) is 8.98. The molecule has 3 rings (SSSR count). The summed E-state index contributed by atoms with van der Waals surface area (Å²) in [6.45, 7) is 5.56. The van der Waals surface area contributed by atoms with E-state index in [0.717, 1.165) is 18.9 Å². The van der Waals surface area contributed by atoms with Crippen LogP contribution >= 0.6 is 0 Å². The van der Waals surface area contributed by atoms with Crippen molar-refractivity contribution < 1.29 is 14.5 Å². The van der Waals surface area contributed by atoms with Gasteiger partial charge < -0.3 is 20.3 Å². The predicted octanol–water partition coefficient (Wildman–Crippen LogP) is 1.37. The van der Waals surface area contributed by atoms with Gasteiger partial charge in [0.15, 0.2) is 0 Å². The van der Waals surface area contributed by atoms with E-state index in [9.17, 15) is 14.9 Å². The highest BCUT2D eigenvalue weighted by Crippen LogP contribution is 2.17. The summed E-state index contributed by atoms with van der Waals surface area (Å²) < 4.78 is 5.36. The van der Waals surface area contributed by atoms with Gasteiger partial charge in [0, 0.05) is 49.9 Å². The highest BCUT2D eigenvalue weighted by atomic mass is 16.6. The average Bonchev–Trinajstić information content (AvgIpc) is 2.71. The third-order valence-corrected chi connectivity index (χ3v) is 4.20. The van der Waals surface area contributed by atoms with Crippen LogP contribution in [0.25, 0.3) is 0 Å². The zero-order valence-electron chi connectivity index (χ0n) is 15.6. The lowest BCUT2D eigenvalue weighted by molar-refractivity contribution is -0.384. The molecule has 0 atom stereocenters. The number of hydrogen-bond donors (Lipinski definition) is 2. The lowest BCUT2D eigenvalue weighted by atomic mass is 10.2. The molecule has 0 aliphatic carbocycles. The van der Waals surface area contributed by atoms with Crippen molar-refractivity contribution in [2.24, 2.45) is 0 Å². The number of aromatic nitrogens is 2. The molecule has 1 aromatic carbocycles. The molecule has 0 saturated carbocycles. The van der Waals surface area contributed by atoms with Crippen molar-refractivity contribution in [2.75, 3.05) is 49.6 Å². The van der Waals surface area contributed by atoms with Gasteiger partial charge in [0.2, 0.25) is 0 Å². The molecule has 28 heavy (non-hydrogen) atoms. The van der Waals surface area contributed by atoms with Crippen molar-refractivity contribution in [1.82, 2.24) is 15.3 Å². The van der Waals surface area contributed by atoms with Gasteiger partial charge in [0.25, 0.3) is 11.6 Å². The summed E-state index contributed by atoms with van der Waals surface area (Å²) in [4.78, 5) is 33.4.